The lowest BCUT2D eigenvalue weighted by Gasteiger charge is -2.07. The molecular formula is C37H52N2O3. The van der Waals surface area contributed by atoms with Crippen LogP contribution < -0.4 is 14.8 Å². The van der Waals surface area contributed by atoms with Crippen LogP contribution in [0.1, 0.15) is 93.1 Å². The van der Waals surface area contributed by atoms with E-state index in [0.717, 1.165) is 28.5 Å². The molecule has 5 heteroatoms. The molecule has 228 valence electrons. The number of carbonyl (C=O) groups excluding carboxylic acids is 1. The second-order valence-corrected chi connectivity index (χ2v) is 7.31. The second-order valence-electron chi connectivity index (χ2n) is 7.31. The van der Waals surface area contributed by atoms with Crippen LogP contribution in [0.2, 0.25) is 0 Å². The first-order chi connectivity index (χ1) is 19.7. The maximum Gasteiger partial charge on any atom is 0.259 e. The minimum Gasteiger partial charge on any atom is -0.454 e. The zero-order valence-electron chi connectivity index (χ0n) is 25.4. The highest BCUT2D eigenvalue weighted by atomic mass is 16.5. The van der Waals surface area contributed by atoms with Gasteiger partial charge in [-0.25, -0.2) is 4.99 Å². The quantitative estimate of drug-likeness (QED) is 0.228. The molecule has 1 N–H and O–H groups in total. The first kappa shape index (κ1) is 39.8. The van der Waals surface area contributed by atoms with Crippen LogP contribution >= 0.6 is 0 Å². The van der Waals surface area contributed by atoms with Gasteiger partial charge >= 0.3 is 0 Å². The van der Waals surface area contributed by atoms with Crippen molar-refractivity contribution in [1.29, 1.82) is 0 Å². The van der Waals surface area contributed by atoms with Crippen LogP contribution in [0, 0.1) is 0 Å². The largest absolute Gasteiger partial charge is 0.454 e. The molecule has 2 heterocycles. The lowest BCUT2D eigenvalue weighted by Crippen LogP contribution is -2.09. The molecule has 0 bridgehead atoms. The molecule has 42 heavy (non-hydrogen) atoms. The minimum atomic E-state index is -0.138. The van der Waals surface area contributed by atoms with Crippen molar-refractivity contribution in [3.63, 3.8) is 0 Å². The molecule has 0 saturated carbocycles. The standard InChI is InChI=1S/C14H11NO.C13H9NO2.4C2H6.2CH4/c1-10-11-6-2-4-8-13(11)16-14-9-5-3-7-12(14)15-10;15-13-9-5-1-3-7-11(9)16-12-8-4-2-6-10(12)14-13;4*1-2;;/h2-9H,1H3;1-8H,(H,14,15);4*1-2H3;2*1H4. The third-order valence-corrected chi connectivity index (χ3v) is 5.14. The van der Waals surface area contributed by atoms with Gasteiger partial charge in [-0.3, -0.25) is 4.79 Å². The van der Waals surface area contributed by atoms with E-state index in [1.807, 2.05) is 147 Å². The van der Waals surface area contributed by atoms with E-state index in [1.54, 1.807) is 12.1 Å². The van der Waals surface area contributed by atoms with Crippen molar-refractivity contribution in [1.82, 2.24) is 0 Å². The Balaban J connectivity index is 0. The number of amides is 1. The molecule has 1 amide bonds. The van der Waals surface area contributed by atoms with Gasteiger partial charge in [-0.15, -0.1) is 0 Å². The predicted molar refractivity (Wildman–Crippen MR) is 185 cm³/mol. The third kappa shape index (κ3) is 10.5. The topological polar surface area (TPSA) is 59.9 Å². The van der Waals surface area contributed by atoms with Crippen molar-refractivity contribution in [2.75, 3.05) is 5.32 Å². The van der Waals surface area contributed by atoms with E-state index >= 15 is 0 Å². The molecule has 6 rings (SSSR count). The molecule has 4 aromatic carbocycles. The number of carbonyl (C=O) groups is 1. The van der Waals surface area contributed by atoms with Crippen LogP contribution in [0.3, 0.4) is 0 Å². The number of anilines is 1. The lowest BCUT2D eigenvalue weighted by atomic mass is 10.1. The third-order valence-electron chi connectivity index (χ3n) is 5.14. The highest BCUT2D eigenvalue weighted by Crippen LogP contribution is 2.37. The molecule has 0 atom stereocenters. The van der Waals surface area contributed by atoms with Crippen molar-refractivity contribution >= 4 is 23.0 Å². The first-order valence-corrected chi connectivity index (χ1v) is 14.3. The zero-order valence-corrected chi connectivity index (χ0v) is 25.4. The number of fused-ring (bicyclic) bond motifs is 4. The molecule has 0 fully saturated rings. The van der Waals surface area contributed by atoms with E-state index in [-0.39, 0.29) is 20.8 Å². The van der Waals surface area contributed by atoms with E-state index in [9.17, 15) is 4.79 Å². The Morgan fingerprint density at radius 2 is 0.929 bits per heavy atom. The van der Waals surface area contributed by atoms with Crippen molar-refractivity contribution in [2.24, 2.45) is 4.99 Å². The fourth-order valence-electron chi connectivity index (χ4n) is 3.56. The SMILES string of the molecule is C.C.CC.CC.CC.CC.CC1=Nc2ccccc2Oc2ccccc21.O=C1Nc2ccccc2Oc2ccccc21. The van der Waals surface area contributed by atoms with Crippen LogP contribution in [0.25, 0.3) is 0 Å². The van der Waals surface area contributed by atoms with E-state index in [1.165, 1.54) is 0 Å². The van der Waals surface area contributed by atoms with Gasteiger partial charge in [0.2, 0.25) is 0 Å². The number of ether oxygens (including phenoxy) is 2. The molecule has 2 aliphatic heterocycles. The smallest absolute Gasteiger partial charge is 0.259 e. The summed E-state index contributed by atoms with van der Waals surface area (Å²) in [5.41, 5.74) is 4.18. The molecule has 0 radical (unpaired) electrons. The average Bonchev–Trinajstić information content (AvgIpc) is 3.28. The summed E-state index contributed by atoms with van der Waals surface area (Å²) in [7, 11) is 0. The van der Waals surface area contributed by atoms with Gasteiger partial charge in [0, 0.05) is 11.3 Å². The Hall–Kier alpha value is -4.38. The Morgan fingerprint density at radius 3 is 1.52 bits per heavy atom. The number of hydrogen-bond acceptors (Lipinski definition) is 4. The zero-order chi connectivity index (χ0) is 29.9. The highest BCUT2D eigenvalue weighted by molar-refractivity contribution is 6.08. The predicted octanol–water partition coefficient (Wildman–Crippen LogP) is 12.4. The molecule has 0 spiro atoms. The number of para-hydroxylation sites is 6. The molecular weight excluding hydrogens is 520 g/mol. The maximum atomic E-state index is 11.9. The van der Waals surface area contributed by atoms with Gasteiger partial charge < -0.3 is 14.8 Å². The molecule has 4 aromatic rings. The van der Waals surface area contributed by atoms with Crippen LogP contribution in [0.4, 0.5) is 11.4 Å². The van der Waals surface area contributed by atoms with Crippen molar-refractivity contribution in [2.45, 2.75) is 77.2 Å². The normalized spacial score (nSPS) is 10.4. The number of nitrogens with one attached hydrogen (secondary N) is 1. The summed E-state index contributed by atoms with van der Waals surface area (Å²) in [4.78, 5) is 16.4. The summed E-state index contributed by atoms with van der Waals surface area (Å²) < 4.78 is 11.5. The molecule has 0 aromatic heterocycles. The van der Waals surface area contributed by atoms with Gasteiger partial charge in [0.1, 0.15) is 17.2 Å². The average molecular weight is 573 g/mol. The van der Waals surface area contributed by atoms with Crippen molar-refractivity contribution in [3.8, 4) is 23.0 Å². The Morgan fingerprint density at radius 1 is 0.524 bits per heavy atom. The fourth-order valence-corrected chi connectivity index (χ4v) is 3.56. The number of nitrogens with zero attached hydrogens (tertiary/aromatic N) is 1. The molecule has 5 nitrogen and oxygen atoms in total. The van der Waals surface area contributed by atoms with Crippen LogP contribution in [-0.4, -0.2) is 11.6 Å². The van der Waals surface area contributed by atoms with Gasteiger partial charge in [0.05, 0.1) is 11.3 Å². The van der Waals surface area contributed by atoms with E-state index in [0.29, 0.717) is 22.7 Å². The summed E-state index contributed by atoms with van der Waals surface area (Å²) in [5, 5.41) is 2.81. The van der Waals surface area contributed by atoms with E-state index in [4.69, 9.17) is 9.47 Å². The van der Waals surface area contributed by atoms with Crippen LogP contribution in [-0.2, 0) is 0 Å². The van der Waals surface area contributed by atoms with Crippen molar-refractivity contribution < 1.29 is 14.3 Å². The lowest BCUT2D eigenvalue weighted by molar-refractivity contribution is 0.102. The summed E-state index contributed by atoms with van der Waals surface area (Å²) in [6, 6.07) is 30.4. The van der Waals surface area contributed by atoms with Crippen LogP contribution in [0.15, 0.2) is 102 Å². The fraction of sp³-hybridized carbons (Fsp3) is 0.297. The molecule has 2 aliphatic rings. The summed E-state index contributed by atoms with van der Waals surface area (Å²) >= 11 is 0. The summed E-state index contributed by atoms with van der Waals surface area (Å²) in [6.45, 7) is 18.0. The van der Waals surface area contributed by atoms with Crippen LogP contribution in [0.5, 0.6) is 23.0 Å². The maximum absolute atomic E-state index is 11.9. The van der Waals surface area contributed by atoms with Gasteiger partial charge in [-0.1, -0.05) is 119 Å². The first-order valence-electron chi connectivity index (χ1n) is 14.3. The number of benzene rings is 4. The van der Waals surface area contributed by atoms with E-state index < -0.39 is 0 Å². The molecule has 0 saturated heterocycles. The van der Waals surface area contributed by atoms with E-state index in [2.05, 4.69) is 10.3 Å². The molecule has 0 aliphatic carbocycles. The Bertz CT molecular complexity index is 1340. The Labute approximate surface area is 255 Å². The highest BCUT2D eigenvalue weighted by Gasteiger charge is 2.19. The van der Waals surface area contributed by atoms with Gasteiger partial charge in [-0.05, 0) is 55.5 Å². The van der Waals surface area contributed by atoms with Crippen molar-refractivity contribution in [3.05, 3.63) is 108 Å². The summed E-state index contributed by atoms with van der Waals surface area (Å²) in [5.74, 6) is 2.80. The number of rotatable bonds is 0. The minimum absolute atomic E-state index is 0. The Kier molecular flexibility index (Phi) is 21.1. The van der Waals surface area contributed by atoms with Gasteiger partial charge in [0.25, 0.3) is 5.91 Å². The second kappa shape index (κ2) is 22.3. The van der Waals surface area contributed by atoms with Gasteiger partial charge in [0.15, 0.2) is 11.5 Å². The number of aliphatic imine (C=N–C) groups is 1. The molecule has 0 unspecified atom stereocenters. The van der Waals surface area contributed by atoms with Gasteiger partial charge in [-0.2, -0.15) is 0 Å². The number of hydrogen-bond donors (Lipinski definition) is 1. The monoisotopic (exact) mass is 572 g/mol. The summed E-state index contributed by atoms with van der Waals surface area (Å²) in [6.07, 6.45) is 0.